The second-order valence-electron chi connectivity index (χ2n) is 2.63. The van der Waals surface area contributed by atoms with Gasteiger partial charge in [0.1, 0.15) is 0 Å². The Morgan fingerprint density at radius 3 is 3.10 bits per heavy atom. The summed E-state index contributed by atoms with van der Waals surface area (Å²) < 4.78 is 5.50. The van der Waals surface area contributed by atoms with E-state index in [4.69, 9.17) is 10.5 Å². The van der Waals surface area contributed by atoms with E-state index in [-0.39, 0.29) is 0 Å². The highest BCUT2D eigenvalue weighted by Gasteiger charge is 2.13. The maximum absolute atomic E-state index is 5.50. The van der Waals surface area contributed by atoms with E-state index in [1.165, 1.54) is 0 Å². The number of hydrogen-bond donors (Lipinski definition) is 2. The van der Waals surface area contributed by atoms with Crippen LogP contribution in [0.4, 0.5) is 0 Å². The van der Waals surface area contributed by atoms with E-state index in [2.05, 4.69) is 5.32 Å². The molecule has 1 unspecified atom stereocenters. The Kier molecular flexibility index (Phi) is 3.72. The van der Waals surface area contributed by atoms with Gasteiger partial charge in [0, 0.05) is 13.2 Å². The molecular formula is C7H16N2O. The van der Waals surface area contributed by atoms with E-state index in [0.717, 1.165) is 39.1 Å². The van der Waals surface area contributed by atoms with E-state index in [1.807, 2.05) is 0 Å². The van der Waals surface area contributed by atoms with Crippen LogP contribution in [0.25, 0.3) is 0 Å². The van der Waals surface area contributed by atoms with Gasteiger partial charge < -0.3 is 15.8 Å². The number of rotatable bonds is 4. The number of nitrogens with one attached hydrogen (secondary N) is 1. The van der Waals surface area contributed by atoms with Crippen LogP contribution in [0.15, 0.2) is 0 Å². The molecule has 1 aliphatic rings. The van der Waals surface area contributed by atoms with Crippen molar-refractivity contribution in [3.63, 3.8) is 0 Å². The van der Waals surface area contributed by atoms with E-state index in [0.29, 0.717) is 6.10 Å². The molecule has 1 aliphatic heterocycles. The van der Waals surface area contributed by atoms with Crippen LogP contribution in [-0.2, 0) is 4.74 Å². The van der Waals surface area contributed by atoms with Gasteiger partial charge in [-0.15, -0.1) is 0 Å². The third kappa shape index (κ3) is 2.64. The number of ether oxygens (including phenoxy) is 1. The number of nitrogens with two attached hydrogens (primary N) is 1. The fourth-order valence-electron chi connectivity index (χ4n) is 1.10. The summed E-state index contributed by atoms with van der Waals surface area (Å²) in [6.07, 6.45) is 2.59. The van der Waals surface area contributed by atoms with Crippen LogP contribution >= 0.6 is 0 Å². The first-order chi connectivity index (χ1) is 4.93. The summed E-state index contributed by atoms with van der Waals surface area (Å²) in [7, 11) is 0. The standard InChI is InChI=1S/C7H16N2O/c8-3-1-5-10-7-2-4-9-6-7/h7,9H,1-6,8H2. The average molecular weight is 144 g/mol. The maximum Gasteiger partial charge on any atom is 0.0711 e. The monoisotopic (exact) mass is 144 g/mol. The Labute approximate surface area is 61.9 Å². The summed E-state index contributed by atoms with van der Waals surface area (Å²) in [5.74, 6) is 0. The van der Waals surface area contributed by atoms with E-state index >= 15 is 0 Å². The molecule has 0 spiro atoms. The molecule has 0 aromatic rings. The maximum atomic E-state index is 5.50. The second-order valence-corrected chi connectivity index (χ2v) is 2.63. The lowest BCUT2D eigenvalue weighted by Gasteiger charge is -2.08. The van der Waals surface area contributed by atoms with Crippen molar-refractivity contribution in [1.29, 1.82) is 0 Å². The van der Waals surface area contributed by atoms with Gasteiger partial charge in [-0.1, -0.05) is 0 Å². The Morgan fingerprint density at radius 2 is 2.50 bits per heavy atom. The van der Waals surface area contributed by atoms with Gasteiger partial charge in [0.25, 0.3) is 0 Å². The summed E-state index contributed by atoms with van der Waals surface area (Å²) in [6, 6.07) is 0. The van der Waals surface area contributed by atoms with Crippen molar-refractivity contribution in [3.8, 4) is 0 Å². The van der Waals surface area contributed by atoms with E-state index in [9.17, 15) is 0 Å². The van der Waals surface area contributed by atoms with Crippen molar-refractivity contribution >= 4 is 0 Å². The summed E-state index contributed by atoms with van der Waals surface area (Å²) in [4.78, 5) is 0. The molecule has 60 valence electrons. The minimum Gasteiger partial charge on any atom is -0.377 e. The molecule has 3 N–H and O–H groups in total. The topological polar surface area (TPSA) is 47.3 Å². The quantitative estimate of drug-likeness (QED) is 0.533. The Hall–Kier alpha value is -0.120. The molecular weight excluding hydrogens is 128 g/mol. The van der Waals surface area contributed by atoms with Gasteiger partial charge in [-0.25, -0.2) is 0 Å². The molecule has 1 fully saturated rings. The van der Waals surface area contributed by atoms with Crippen LogP contribution in [0.2, 0.25) is 0 Å². The molecule has 10 heavy (non-hydrogen) atoms. The molecule has 0 aromatic heterocycles. The van der Waals surface area contributed by atoms with Gasteiger partial charge in [0.2, 0.25) is 0 Å². The van der Waals surface area contributed by atoms with Crippen LogP contribution in [-0.4, -0.2) is 32.3 Å². The van der Waals surface area contributed by atoms with Crippen molar-refractivity contribution in [3.05, 3.63) is 0 Å². The highest BCUT2D eigenvalue weighted by Crippen LogP contribution is 2.02. The molecule has 1 rings (SSSR count). The van der Waals surface area contributed by atoms with Crippen LogP contribution in [0, 0.1) is 0 Å². The number of hydrogen-bond acceptors (Lipinski definition) is 3. The largest absolute Gasteiger partial charge is 0.377 e. The third-order valence-corrected chi connectivity index (χ3v) is 1.72. The molecule has 3 nitrogen and oxygen atoms in total. The van der Waals surface area contributed by atoms with Crippen molar-refractivity contribution in [2.45, 2.75) is 18.9 Å². The first-order valence-electron chi connectivity index (χ1n) is 3.96. The molecule has 1 atom stereocenters. The van der Waals surface area contributed by atoms with Gasteiger partial charge in [-0.3, -0.25) is 0 Å². The minimum atomic E-state index is 0.451. The van der Waals surface area contributed by atoms with Gasteiger partial charge in [0.05, 0.1) is 6.10 Å². The molecule has 0 aliphatic carbocycles. The smallest absolute Gasteiger partial charge is 0.0711 e. The lowest BCUT2D eigenvalue weighted by atomic mass is 10.3. The predicted molar refractivity (Wildman–Crippen MR) is 40.9 cm³/mol. The van der Waals surface area contributed by atoms with Crippen LogP contribution in [0.3, 0.4) is 0 Å². The van der Waals surface area contributed by atoms with Gasteiger partial charge in [-0.2, -0.15) is 0 Å². The van der Waals surface area contributed by atoms with Crippen molar-refractivity contribution in [2.24, 2.45) is 5.73 Å². The highest BCUT2D eigenvalue weighted by molar-refractivity contribution is 4.70. The Morgan fingerprint density at radius 1 is 1.60 bits per heavy atom. The summed E-state index contributed by atoms with van der Waals surface area (Å²) in [5, 5.41) is 3.24. The Bertz CT molecular complexity index is 81.7. The van der Waals surface area contributed by atoms with Gasteiger partial charge in [-0.05, 0) is 25.9 Å². The van der Waals surface area contributed by atoms with Gasteiger partial charge >= 0.3 is 0 Å². The molecule has 0 aromatic carbocycles. The molecule has 0 amide bonds. The molecule has 1 heterocycles. The molecule has 0 bridgehead atoms. The average Bonchev–Trinajstić information content (AvgIpc) is 2.41. The fraction of sp³-hybridized carbons (Fsp3) is 1.00. The van der Waals surface area contributed by atoms with Crippen molar-refractivity contribution in [1.82, 2.24) is 5.32 Å². The molecule has 3 heteroatoms. The lowest BCUT2D eigenvalue weighted by molar-refractivity contribution is 0.0665. The highest BCUT2D eigenvalue weighted by atomic mass is 16.5. The first-order valence-corrected chi connectivity index (χ1v) is 3.96. The zero-order chi connectivity index (χ0) is 7.23. The van der Waals surface area contributed by atoms with Crippen molar-refractivity contribution < 1.29 is 4.74 Å². The SMILES string of the molecule is NCCCOC1CCNC1. The van der Waals surface area contributed by atoms with E-state index in [1.54, 1.807) is 0 Å². The fourth-order valence-corrected chi connectivity index (χ4v) is 1.10. The van der Waals surface area contributed by atoms with E-state index < -0.39 is 0 Å². The molecule has 0 saturated carbocycles. The van der Waals surface area contributed by atoms with Gasteiger partial charge in [0.15, 0.2) is 0 Å². The first kappa shape index (κ1) is 7.98. The van der Waals surface area contributed by atoms with Crippen LogP contribution in [0.1, 0.15) is 12.8 Å². The summed E-state index contributed by atoms with van der Waals surface area (Å²) >= 11 is 0. The zero-order valence-corrected chi connectivity index (χ0v) is 6.31. The van der Waals surface area contributed by atoms with Crippen LogP contribution in [0.5, 0.6) is 0 Å². The molecule has 1 saturated heterocycles. The van der Waals surface area contributed by atoms with Crippen molar-refractivity contribution in [2.75, 3.05) is 26.2 Å². The Balaban J connectivity index is 1.91. The minimum absolute atomic E-state index is 0.451. The lowest BCUT2D eigenvalue weighted by Crippen LogP contribution is -2.18. The third-order valence-electron chi connectivity index (χ3n) is 1.72. The summed E-state index contributed by atoms with van der Waals surface area (Å²) in [5.41, 5.74) is 5.32. The van der Waals surface area contributed by atoms with Crippen LogP contribution < -0.4 is 11.1 Å². The normalized spacial score (nSPS) is 25.5. The zero-order valence-electron chi connectivity index (χ0n) is 6.31. The predicted octanol–water partition coefficient (Wildman–Crippen LogP) is -0.286. The summed E-state index contributed by atoms with van der Waals surface area (Å²) in [6.45, 7) is 3.68. The second kappa shape index (κ2) is 4.66. The molecule has 0 radical (unpaired) electrons.